The van der Waals surface area contributed by atoms with Gasteiger partial charge < -0.3 is 9.64 Å². The van der Waals surface area contributed by atoms with Gasteiger partial charge in [0.25, 0.3) is 0 Å². The first-order chi connectivity index (χ1) is 8.34. The van der Waals surface area contributed by atoms with Gasteiger partial charge in [-0.1, -0.05) is 18.2 Å². The molecule has 1 unspecified atom stereocenters. The molecule has 0 aliphatic carbocycles. The number of carbonyl (C=O) groups is 1. The van der Waals surface area contributed by atoms with E-state index in [1.165, 1.54) is 11.3 Å². The molecule has 1 aromatic carbocycles. The van der Waals surface area contributed by atoms with Crippen molar-refractivity contribution in [2.75, 3.05) is 31.2 Å². The maximum Gasteiger partial charge on any atom is 0.142 e. The van der Waals surface area contributed by atoms with Crippen LogP contribution in [0.2, 0.25) is 0 Å². The molecule has 0 saturated carbocycles. The predicted molar refractivity (Wildman–Crippen MR) is 66.3 cm³/mol. The molecule has 3 heteroatoms. The molecule has 1 atom stereocenters. The largest absolute Gasteiger partial charge is 0.380 e. The van der Waals surface area contributed by atoms with Gasteiger partial charge in [-0.15, -0.1) is 0 Å². The number of Topliss-reactive ketones (excluding diaryl/α,β-unsaturated/α-hetero) is 1. The molecule has 1 saturated heterocycles. The number of hydrogen-bond donors (Lipinski definition) is 0. The van der Waals surface area contributed by atoms with Crippen molar-refractivity contribution >= 4 is 11.5 Å². The number of rotatable bonds is 2. The summed E-state index contributed by atoms with van der Waals surface area (Å²) in [6, 6.07) is 8.47. The first kappa shape index (κ1) is 10.8. The van der Waals surface area contributed by atoms with E-state index < -0.39 is 0 Å². The van der Waals surface area contributed by atoms with E-state index in [4.69, 9.17) is 4.74 Å². The fourth-order valence-corrected chi connectivity index (χ4v) is 2.71. The number of nitrogens with zero attached hydrogens (tertiary/aromatic N) is 1. The molecule has 0 spiro atoms. The van der Waals surface area contributed by atoms with Crippen molar-refractivity contribution in [3.8, 4) is 0 Å². The molecule has 0 N–H and O–H groups in total. The summed E-state index contributed by atoms with van der Waals surface area (Å²) in [5, 5.41) is 0. The maximum atomic E-state index is 11.8. The minimum Gasteiger partial charge on any atom is -0.380 e. The molecule has 2 aliphatic rings. The Labute approximate surface area is 101 Å². The van der Waals surface area contributed by atoms with Crippen molar-refractivity contribution < 1.29 is 9.53 Å². The number of ether oxygens (including phenoxy) is 1. The molecule has 90 valence electrons. The van der Waals surface area contributed by atoms with Crippen LogP contribution in [0.15, 0.2) is 24.3 Å². The van der Waals surface area contributed by atoms with E-state index in [1.807, 2.05) is 0 Å². The van der Waals surface area contributed by atoms with Gasteiger partial charge in [0, 0.05) is 25.2 Å². The zero-order valence-corrected chi connectivity index (χ0v) is 9.89. The third-order valence-corrected chi connectivity index (χ3v) is 3.69. The van der Waals surface area contributed by atoms with Crippen LogP contribution in [-0.4, -0.2) is 32.1 Å². The summed E-state index contributed by atoms with van der Waals surface area (Å²) < 4.78 is 5.40. The van der Waals surface area contributed by atoms with Gasteiger partial charge in [0.05, 0.1) is 19.1 Å². The number of anilines is 1. The van der Waals surface area contributed by atoms with Crippen LogP contribution in [0.4, 0.5) is 5.69 Å². The highest BCUT2D eigenvalue weighted by Gasteiger charge is 2.27. The van der Waals surface area contributed by atoms with Crippen molar-refractivity contribution in [2.45, 2.75) is 12.8 Å². The van der Waals surface area contributed by atoms with Crippen LogP contribution in [0.3, 0.4) is 0 Å². The van der Waals surface area contributed by atoms with E-state index in [2.05, 4.69) is 29.2 Å². The number of ketones is 1. The SMILES string of the molecule is O=C1CCOCC1CN1CCc2ccccc21. The fraction of sp³-hybridized carbons (Fsp3) is 0.500. The second-order valence-corrected chi connectivity index (χ2v) is 4.81. The van der Waals surface area contributed by atoms with Crippen molar-refractivity contribution in [1.29, 1.82) is 0 Å². The van der Waals surface area contributed by atoms with E-state index >= 15 is 0 Å². The molecular weight excluding hydrogens is 214 g/mol. The normalized spacial score (nSPS) is 23.9. The van der Waals surface area contributed by atoms with Crippen LogP contribution < -0.4 is 4.90 Å². The number of hydrogen-bond acceptors (Lipinski definition) is 3. The molecule has 2 heterocycles. The van der Waals surface area contributed by atoms with E-state index in [-0.39, 0.29) is 5.92 Å². The van der Waals surface area contributed by atoms with Crippen LogP contribution >= 0.6 is 0 Å². The van der Waals surface area contributed by atoms with Crippen LogP contribution in [0, 0.1) is 5.92 Å². The third-order valence-electron chi connectivity index (χ3n) is 3.69. The third kappa shape index (κ3) is 2.07. The van der Waals surface area contributed by atoms with Gasteiger partial charge in [-0.25, -0.2) is 0 Å². The molecule has 0 amide bonds. The van der Waals surface area contributed by atoms with Gasteiger partial charge >= 0.3 is 0 Å². The zero-order chi connectivity index (χ0) is 11.7. The average molecular weight is 231 g/mol. The molecule has 3 rings (SSSR count). The molecule has 0 aromatic heterocycles. The predicted octanol–water partition coefficient (Wildman–Crippen LogP) is 1.65. The Hall–Kier alpha value is -1.35. The van der Waals surface area contributed by atoms with Crippen molar-refractivity contribution in [3.05, 3.63) is 29.8 Å². The van der Waals surface area contributed by atoms with Gasteiger partial charge in [0.1, 0.15) is 5.78 Å². The lowest BCUT2D eigenvalue weighted by atomic mass is 10.00. The Kier molecular flexibility index (Phi) is 2.85. The number of para-hydroxylation sites is 1. The fourth-order valence-electron chi connectivity index (χ4n) is 2.71. The van der Waals surface area contributed by atoms with Gasteiger partial charge in [-0.05, 0) is 18.1 Å². The monoisotopic (exact) mass is 231 g/mol. The summed E-state index contributed by atoms with van der Waals surface area (Å²) in [5.41, 5.74) is 2.70. The highest BCUT2D eigenvalue weighted by Crippen LogP contribution is 2.28. The molecule has 0 radical (unpaired) electrons. The molecule has 2 aliphatic heterocycles. The highest BCUT2D eigenvalue weighted by atomic mass is 16.5. The van der Waals surface area contributed by atoms with E-state index in [1.54, 1.807) is 0 Å². The van der Waals surface area contributed by atoms with E-state index in [0.717, 1.165) is 19.5 Å². The number of benzene rings is 1. The summed E-state index contributed by atoms with van der Waals surface area (Å²) in [6.07, 6.45) is 1.68. The number of carbonyl (C=O) groups excluding carboxylic acids is 1. The minimum absolute atomic E-state index is 0.0647. The van der Waals surface area contributed by atoms with E-state index in [0.29, 0.717) is 25.4 Å². The first-order valence-electron chi connectivity index (χ1n) is 6.28. The molecule has 1 aromatic rings. The summed E-state index contributed by atoms with van der Waals surface area (Å²) in [4.78, 5) is 14.1. The average Bonchev–Trinajstić information content (AvgIpc) is 2.76. The maximum absolute atomic E-state index is 11.8. The summed E-state index contributed by atoms with van der Waals surface area (Å²) in [5.74, 6) is 0.426. The molecule has 0 bridgehead atoms. The lowest BCUT2D eigenvalue weighted by molar-refractivity contribution is -0.129. The molecule has 1 fully saturated rings. The Bertz CT molecular complexity index is 430. The minimum atomic E-state index is 0.0647. The van der Waals surface area contributed by atoms with Gasteiger partial charge in [-0.3, -0.25) is 4.79 Å². The van der Waals surface area contributed by atoms with E-state index in [9.17, 15) is 4.79 Å². The highest BCUT2D eigenvalue weighted by molar-refractivity contribution is 5.82. The Morgan fingerprint density at radius 3 is 3.06 bits per heavy atom. The van der Waals surface area contributed by atoms with Crippen molar-refractivity contribution in [1.82, 2.24) is 0 Å². The standard InChI is InChI=1S/C14H17NO2/c16-14-6-8-17-10-12(14)9-15-7-5-11-3-1-2-4-13(11)15/h1-4,12H,5-10H2. The second kappa shape index (κ2) is 4.49. The second-order valence-electron chi connectivity index (χ2n) is 4.81. The number of fused-ring (bicyclic) bond motifs is 1. The molecule has 3 nitrogen and oxygen atoms in total. The van der Waals surface area contributed by atoms with Gasteiger partial charge in [-0.2, -0.15) is 0 Å². The lowest BCUT2D eigenvalue weighted by Crippen LogP contribution is -2.37. The van der Waals surface area contributed by atoms with Crippen LogP contribution in [0.5, 0.6) is 0 Å². The Morgan fingerprint density at radius 2 is 2.18 bits per heavy atom. The zero-order valence-electron chi connectivity index (χ0n) is 9.89. The topological polar surface area (TPSA) is 29.5 Å². The van der Waals surface area contributed by atoms with Crippen LogP contribution in [-0.2, 0) is 16.0 Å². The van der Waals surface area contributed by atoms with Crippen LogP contribution in [0.25, 0.3) is 0 Å². The Balaban J connectivity index is 1.72. The Morgan fingerprint density at radius 1 is 1.29 bits per heavy atom. The summed E-state index contributed by atoms with van der Waals surface area (Å²) in [6.45, 7) is 3.04. The van der Waals surface area contributed by atoms with Crippen molar-refractivity contribution in [3.63, 3.8) is 0 Å². The first-order valence-corrected chi connectivity index (χ1v) is 6.28. The lowest BCUT2D eigenvalue weighted by Gasteiger charge is -2.27. The van der Waals surface area contributed by atoms with Gasteiger partial charge in [0.15, 0.2) is 0 Å². The summed E-state index contributed by atoms with van der Waals surface area (Å²) in [7, 11) is 0. The smallest absolute Gasteiger partial charge is 0.142 e. The molecule has 17 heavy (non-hydrogen) atoms. The quantitative estimate of drug-likeness (QED) is 0.775. The van der Waals surface area contributed by atoms with Crippen molar-refractivity contribution in [2.24, 2.45) is 5.92 Å². The molecular formula is C14H17NO2. The van der Waals surface area contributed by atoms with Crippen LogP contribution in [0.1, 0.15) is 12.0 Å². The van der Waals surface area contributed by atoms with Gasteiger partial charge in [0.2, 0.25) is 0 Å². The summed E-state index contributed by atoms with van der Waals surface area (Å²) >= 11 is 0.